The normalized spacial score (nSPS) is 13.4. The van der Waals surface area contributed by atoms with E-state index in [9.17, 15) is 26.3 Å². The second-order valence-electron chi connectivity index (χ2n) is 5.49. The van der Waals surface area contributed by atoms with E-state index in [-0.39, 0.29) is 18.2 Å². The highest BCUT2D eigenvalue weighted by atomic mass is 19.4. The van der Waals surface area contributed by atoms with Crippen LogP contribution in [0, 0.1) is 5.82 Å². The summed E-state index contributed by atoms with van der Waals surface area (Å²) in [5.41, 5.74) is -2.30. The fourth-order valence-corrected chi connectivity index (χ4v) is 1.90. The molecular weight excluding hydrogens is 324 g/mol. The molecular formula is C14H17F6N3. The maximum Gasteiger partial charge on any atom is 0.458 e. The van der Waals surface area contributed by atoms with Crippen LogP contribution in [-0.4, -0.2) is 23.3 Å². The molecule has 0 radical (unpaired) electrons. The summed E-state index contributed by atoms with van der Waals surface area (Å²) in [5, 5.41) is 8.62. The molecule has 0 aromatic heterocycles. The summed E-state index contributed by atoms with van der Waals surface area (Å²) in [5.74, 6) is -6.45. The van der Waals surface area contributed by atoms with Crippen molar-refractivity contribution in [2.75, 3.05) is 0 Å². The summed E-state index contributed by atoms with van der Waals surface area (Å²) < 4.78 is 77.8. The predicted octanol–water partition coefficient (Wildman–Crippen LogP) is 5.60. The fourth-order valence-electron chi connectivity index (χ4n) is 1.90. The zero-order chi connectivity index (χ0) is 18.0. The zero-order valence-corrected chi connectivity index (χ0v) is 13.0. The van der Waals surface area contributed by atoms with Gasteiger partial charge in [0.05, 0.1) is 11.3 Å². The SMILES string of the molecule is CC(C)N(N=Nc1ccc(F)cc1C(F)(F)C(F)(F)F)C(C)C. The third-order valence-corrected chi connectivity index (χ3v) is 2.97. The minimum Gasteiger partial charge on any atom is -0.273 e. The monoisotopic (exact) mass is 341 g/mol. The van der Waals surface area contributed by atoms with E-state index in [1.165, 1.54) is 5.01 Å². The van der Waals surface area contributed by atoms with Gasteiger partial charge in [-0.15, -0.1) is 5.11 Å². The van der Waals surface area contributed by atoms with Gasteiger partial charge in [0, 0.05) is 12.1 Å². The smallest absolute Gasteiger partial charge is 0.273 e. The van der Waals surface area contributed by atoms with E-state index < -0.39 is 29.2 Å². The number of hydrogen-bond donors (Lipinski definition) is 0. The molecule has 0 saturated carbocycles. The molecule has 130 valence electrons. The third-order valence-electron chi connectivity index (χ3n) is 2.97. The Morgan fingerprint density at radius 1 is 0.957 bits per heavy atom. The fraction of sp³-hybridized carbons (Fsp3) is 0.571. The number of rotatable bonds is 5. The van der Waals surface area contributed by atoms with Crippen LogP contribution in [0.2, 0.25) is 0 Å². The van der Waals surface area contributed by atoms with Gasteiger partial charge in [-0.2, -0.15) is 22.0 Å². The Kier molecular flexibility index (Phi) is 5.65. The standard InChI is InChI=1S/C14H17F6N3/c1-8(2)23(9(3)4)22-21-12-6-5-10(15)7-11(12)13(16,17)14(18,19)20/h5-9H,1-4H3. The lowest BCUT2D eigenvalue weighted by Gasteiger charge is -2.26. The number of benzene rings is 1. The minimum absolute atomic E-state index is 0.122. The van der Waals surface area contributed by atoms with Gasteiger partial charge >= 0.3 is 12.1 Å². The Hall–Kier alpha value is -1.80. The molecule has 1 aromatic rings. The first-order chi connectivity index (χ1) is 10.4. The van der Waals surface area contributed by atoms with Gasteiger partial charge in [0.2, 0.25) is 0 Å². The average molecular weight is 341 g/mol. The molecule has 0 saturated heterocycles. The molecule has 0 aliphatic rings. The van der Waals surface area contributed by atoms with E-state index in [0.29, 0.717) is 0 Å². The minimum atomic E-state index is -5.86. The summed E-state index contributed by atoms with van der Waals surface area (Å²) in [6, 6.07) is 1.32. The number of alkyl halides is 5. The molecule has 3 nitrogen and oxygen atoms in total. The van der Waals surface area contributed by atoms with E-state index in [1.807, 2.05) is 0 Å². The largest absolute Gasteiger partial charge is 0.458 e. The molecule has 0 unspecified atom stereocenters. The van der Waals surface area contributed by atoms with Gasteiger partial charge < -0.3 is 0 Å². The Labute approximate surface area is 130 Å². The van der Waals surface area contributed by atoms with Gasteiger partial charge in [-0.3, -0.25) is 5.01 Å². The van der Waals surface area contributed by atoms with Gasteiger partial charge in [-0.1, -0.05) is 5.22 Å². The van der Waals surface area contributed by atoms with Crippen LogP contribution in [0.3, 0.4) is 0 Å². The molecule has 0 N–H and O–H groups in total. The summed E-state index contributed by atoms with van der Waals surface area (Å²) >= 11 is 0. The van der Waals surface area contributed by atoms with E-state index in [2.05, 4.69) is 10.3 Å². The highest BCUT2D eigenvalue weighted by Crippen LogP contribution is 2.47. The van der Waals surface area contributed by atoms with Crippen molar-refractivity contribution in [2.45, 2.75) is 51.9 Å². The van der Waals surface area contributed by atoms with Gasteiger partial charge in [0.25, 0.3) is 0 Å². The van der Waals surface area contributed by atoms with Crippen LogP contribution in [0.5, 0.6) is 0 Å². The number of nitrogens with zero attached hydrogens (tertiary/aromatic N) is 3. The Morgan fingerprint density at radius 3 is 1.91 bits per heavy atom. The molecule has 0 heterocycles. The topological polar surface area (TPSA) is 28.0 Å². The average Bonchev–Trinajstić information content (AvgIpc) is 2.38. The van der Waals surface area contributed by atoms with E-state index in [4.69, 9.17) is 0 Å². The van der Waals surface area contributed by atoms with Crippen molar-refractivity contribution in [1.82, 2.24) is 5.01 Å². The third kappa shape index (κ3) is 4.35. The first kappa shape index (κ1) is 19.2. The first-order valence-corrected chi connectivity index (χ1v) is 6.82. The van der Waals surface area contributed by atoms with Crippen LogP contribution in [-0.2, 0) is 5.92 Å². The van der Waals surface area contributed by atoms with E-state index in [0.717, 1.165) is 12.1 Å². The molecule has 23 heavy (non-hydrogen) atoms. The second kappa shape index (κ2) is 6.76. The molecule has 0 atom stereocenters. The number of halogens is 6. The van der Waals surface area contributed by atoms with Crippen LogP contribution in [0.1, 0.15) is 33.3 Å². The van der Waals surface area contributed by atoms with Crippen molar-refractivity contribution >= 4 is 5.69 Å². The van der Waals surface area contributed by atoms with E-state index in [1.54, 1.807) is 27.7 Å². The molecule has 1 rings (SSSR count). The van der Waals surface area contributed by atoms with Crippen molar-refractivity contribution in [2.24, 2.45) is 10.3 Å². The van der Waals surface area contributed by atoms with Crippen molar-refractivity contribution < 1.29 is 26.3 Å². The molecule has 0 spiro atoms. The summed E-state index contributed by atoms with van der Waals surface area (Å²) in [6.07, 6.45) is -5.86. The van der Waals surface area contributed by atoms with Gasteiger partial charge in [0.1, 0.15) is 5.82 Å². The van der Waals surface area contributed by atoms with Crippen LogP contribution >= 0.6 is 0 Å². The van der Waals surface area contributed by atoms with Gasteiger partial charge in [-0.05, 0) is 45.9 Å². The molecule has 9 heteroatoms. The van der Waals surface area contributed by atoms with Crippen LogP contribution in [0.25, 0.3) is 0 Å². The summed E-state index contributed by atoms with van der Waals surface area (Å²) in [4.78, 5) is 0. The van der Waals surface area contributed by atoms with Crippen molar-refractivity contribution in [3.63, 3.8) is 0 Å². The first-order valence-electron chi connectivity index (χ1n) is 6.82. The Morgan fingerprint density at radius 2 is 1.48 bits per heavy atom. The lowest BCUT2D eigenvalue weighted by molar-refractivity contribution is -0.289. The molecule has 0 bridgehead atoms. The Bertz CT molecular complexity index is 558. The van der Waals surface area contributed by atoms with Crippen molar-refractivity contribution in [3.8, 4) is 0 Å². The lowest BCUT2D eigenvalue weighted by Crippen LogP contribution is -2.34. The van der Waals surface area contributed by atoms with Crippen molar-refractivity contribution in [3.05, 3.63) is 29.6 Å². The lowest BCUT2D eigenvalue weighted by atomic mass is 10.1. The van der Waals surface area contributed by atoms with Gasteiger partial charge in [-0.25, -0.2) is 4.39 Å². The van der Waals surface area contributed by atoms with Crippen molar-refractivity contribution in [1.29, 1.82) is 0 Å². The molecule has 0 aliphatic carbocycles. The van der Waals surface area contributed by atoms with Crippen LogP contribution in [0.4, 0.5) is 32.0 Å². The molecule has 0 fully saturated rings. The maximum atomic E-state index is 13.5. The highest BCUT2D eigenvalue weighted by molar-refractivity contribution is 5.48. The highest BCUT2D eigenvalue weighted by Gasteiger charge is 2.59. The molecule has 1 aromatic carbocycles. The van der Waals surface area contributed by atoms with Crippen LogP contribution < -0.4 is 0 Å². The zero-order valence-electron chi connectivity index (χ0n) is 13.0. The molecule has 0 amide bonds. The quantitative estimate of drug-likeness (QED) is 0.389. The molecule has 0 aliphatic heterocycles. The Balaban J connectivity index is 3.34. The summed E-state index contributed by atoms with van der Waals surface area (Å²) in [7, 11) is 0. The maximum absolute atomic E-state index is 13.5. The number of hydrogen-bond acceptors (Lipinski definition) is 2. The second-order valence-corrected chi connectivity index (χ2v) is 5.49. The van der Waals surface area contributed by atoms with E-state index >= 15 is 0 Å². The predicted molar refractivity (Wildman–Crippen MR) is 73.0 cm³/mol. The summed E-state index contributed by atoms with van der Waals surface area (Å²) in [6.45, 7) is 7.04. The van der Waals surface area contributed by atoms with Gasteiger partial charge in [0.15, 0.2) is 0 Å². The van der Waals surface area contributed by atoms with Crippen LogP contribution in [0.15, 0.2) is 28.5 Å².